The van der Waals surface area contributed by atoms with E-state index < -0.39 is 11.8 Å². The Morgan fingerprint density at radius 3 is 2.04 bits per heavy atom. The average molecular weight is 368 g/mol. The number of amides is 2. The number of methoxy groups -OCH3 is 1. The van der Waals surface area contributed by atoms with E-state index in [9.17, 15) is 9.59 Å². The quantitative estimate of drug-likeness (QED) is 0.751. The van der Waals surface area contributed by atoms with Gasteiger partial charge in [0.2, 0.25) is 0 Å². The van der Waals surface area contributed by atoms with Gasteiger partial charge in [-0.3, -0.25) is 9.59 Å². The number of nitrogens with one attached hydrogen (secondary N) is 2. The molecule has 2 aromatic carbocycles. The Balaban J connectivity index is 2.14. The maximum absolute atomic E-state index is 12.5. The lowest BCUT2D eigenvalue weighted by atomic mass is 9.92. The highest BCUT2D eigenvalue weighted by molar-refractivity contribution is 6.39. The van der Waals surface area contributed by atoms with Gasteiger partial charge >= 0.3 is 11.8 Å². The van der Waals surface area contributed by atoms with E-state index in [-0.39, 0.29) is 18.4 Å². The van der Waals surface area contributed by atoms with Crippen molar-refractivity contribution in [2.75, 3.05) is 12.4 Å². The average Bonchev–Trinajstić information content (AvgIpc) is 2.65. The van der Waals surface area contributed by atoms with Crippen molar-refractivity contribution in [2.45, 2.75) is 46.1 Å². The Kier molecular flexibility index (Phi) is 6.99. The Morgan fingerprint density at radius 2 is 1.48 bits per heavy atom. The van der Waals surface area contributed by atoms with E-state index in [4.69, 9.17) is 4.74 Å². The number of rotatable bonds is 6. The fourth-order valence-corrected chi connectivity index (χ4v) is 2.97. The van der Waals surface area contributed by atoms with Crippen LogP contribution in [0, 0.1) is 0 Å². The number of benzene rings is 2. The van der Waals surface area contributed by atoms with Crippen LogP contribution < -0.4 is 15.4 Å². The third kappa shape index (κ3) is 5.09. The summed E-state index contributed by atoms with van der Waals surface area (Å²) in [5, 5.41) is 5.48. The number of para-hydroxylation sites is 2. The van der Waals surface area contributed by atoms with Crippen LogP contribution in [0.2, 0.25) is 0 Å². The molecule has 0 radical (unpaired) electrons. The Labute approximate surface area is 161 Å². The summed E-state index contributed by atoms with van der Waals surface area (Å²) in [6, 6.07) is 13.3. The van der Waals surface area contributed by atoms with Crippen molar-refractivity contribution in [2.24, 2.45) is 0 Å². The molecule has 0 unspecified atom stereocenters. The SMILES string of the molecule is COc1ccccc1CNC(=O)C(=O)Nc1c(C(C)C)cccc1C(C)C. The zero-order chi connectivity index (χ0) is 20.0. The molecule has 5 heteroatoms. The summed E-state index contributed by atoms with van der Waals surface area (Å²) in [4.78, 5) is 24.8. The number of ether oxygens (including phenoxy) is 1. The standard InChI is InChI=1S/C22H28N2O3/c1-14(2)17-10-8-11-18(15(3)4)20(17)24-22(26)21(25)23-13-16-9-6-7-12-19(16)27-5/h6-12,14-15H,13H2,1-5H3,(H,23,25)(H,24,26). The van der Waals surface area contributed by atoms with E-state index in [2.05, 4.69) is 38.3 Å². The van der Waals surface area contributed by atoms with Crippen molar-refractivity contribution in [1.82, 2.24) is 5.32 Å². The lowest BCUT2D eigenvalue weighted by molar-refractivity contribution is -0.136. The Morgan fingerprint density at radius 1 is 0.889 bits per heavy atom. The third-order valence-electron chi connectivity index (χ3n) is 4.45. The van der Waals surface area contributed by atoms with Crippen LogP contribution in [-0.4, -0.2) is 18.9 Å². The normalized spacial score (nSPS) is 10.8. The van der Waals surface area contributed by atoms with E-state index in [0.717, 1.165) is 22.4 Å². The van der Waals surface area contributed by atoms with Gasteiger partial charge < -0.3 is 15.4 Å². The summed E-state index contributed by atoms with van der Waals surface area (Å²) >= 11 is 0. The molecule has 0 spiro atoms. The first-order valence-electron chi connectivity index (χ1n) is 9.19. The predicted octanol–water partition coefficient (Wildman–Crippen LogP) is 4.20. The van der Waals surface area contributed by atoms with Crippen molar-refractivity contribution in [1.29, 1.82) is 0 Å². The predicted molar refractivity (Wildman–Crippen MR) is 108 cm³/mol. The number of carbonyl (C=O) groups excluding carboxylic acids is 2. The summed E-state index contributed by atoms with van der Waals surface area (Å²) in [7, 11) is 1.57. The van der Waals surface area contributed by atoms with Gasteiger partial charge in [0.1, 0.15) is 5.75 Å². The monoisotopic (exact) mass is 368 g/mol. The number of hydrogen-bond donors (Lipinski definition) is 2. The maximum Gasteiger partial charge on any atom is 0.313 e. The molecular formula is C22H28N2O3. The number of carbonyl (C=O) groups is 2. The molecule has 0 fully saturated rings. The minimum Gasteiger partial charge on any atom is -0.496 e. The van der Waals surface area contributed by atoms with E-state index in [1.807, 2.05) is 42.5 Å². The number of anilines is 1. The van der Waals surface area contributed by atoms with Gasteiger partial charge in [0.25, 0.3) is 0 Å². The Bertz CT molecular complexity index is 787. The smallest absolute Gasteiger partial charge is 0.313 e. The molecule has 144 valence electrons. The lowest BCUT2D eigenvalue weighted by Crippen LogP contribution is -2.35. The minimum atomic E-state index is -0.672. The van der Waals surface area contributed by atoms with Crippen LogP contribution in [0.1, 0.15) is 56.2 Å². The molecule has 0 atom stereocenters. The molecule has 2 rings (SSSR count). The summed E-state index contributed by atoms with van der Waals surface area (Å²) in [6.07, 6.45) is 0. The first-order valence-corrected chi connectivity index (χ1v) is 9.19. The third-order valence-corrected chi connectivity index (χ3v) is 4.45. The zero-order valence-electron chi connectivity index (χ0n) is 16.6. The van der Waals surface area contributed by atoms with Crippen LogP contribution in [-0.2, 0) is 16.1 Å². The van der Waals surface area contributed by atoms with Crippen molar-refractivity contribution >= 4 is 17.5 Å². The van der Waals surface area contributed by atoms with Crippen LogP contribution >= 0.6 is 0 Å². The molecule has 0 aromatic heterocycles. The van der Waals surface area contributed by atoms with Crippen LogP contribution in [0.4, 0.5) is 5.69 Å². The lowest BCUT2D eigenvalue weighted by Gasteiger charge is -2.20. The van der Waals surface area contributed by atoms with Gasteiger partial charge in [-0.2, -0.15) is 0 Å². The minimum absolute atomic E-state index is 0.221. The fourth-order valence-electron chi connectivity index (χ4n) is 2.97. The second kappa shape index (κ2) is 9.21. The second-order valence-electron chi connectivity index (χ2n) is 7.07. The van der Waals surface area contributed by atoms with Gasteiger partial charge in [-0.1, -0.05) is 64.1 Å². The van der Waals surface area contributed by atoms with Crippen molar-refractivity contribution in [3.8, 4) is 5.75 Å². The van der Waals surface area contributed by atoms with Crippen LogP contribution in [0.3, 0.4) is 0 Å². The first kappa shape index (κ1) is 20.5. The summed E-state index contributed by atoms with van der Waals surface area (Å²) in [5.74, 6) is -0.203. The highest BCUT2D eigenvalue weighted by atomic mass is 16.5. The molecule has 27 heavy (non-hydrogen) atoms. The molecular weight excluding hydrogens is 340 g/mol. The highest BCUT2D eigenvalue weighted by Gasteiger charge is 2.20. The summed E-state index contributed by atoms with van der Waals surface area (Å²) < 4.78 is 5.27. The van der Waals surface area contributed by atoms with E-state index in [1.165, 1.54) is 0 Å². The molecule has 5 nitrogen and oxygen atoms in total. The molecule has 0 aliphatic carbocycles. The van der Waals surface area contributed by atoms with Gasteiger partial charge in [0.05, 0.1) is 7.11 Å². The van der Waals surface area contributed by atoms with Gasteiger partial charge in [-0.05, 0) is 29.0 Å². The van der Waals surface area contributed by atoms with E-state index >= 15 is 0 Å². The van der Waals surface area contributed by atoms with E-state index in [1.54, 1.807) is 7.11 Å². The molecule has 0 saturated heterocycles. The molecule has 0 heterocycles. The fraction of sp³-hybridized carbons (Fsp3) is 0.364. The Hall–Kier alpha value is -2.82. The molecule has 0 aliphatic rings. The molecule has 2 aromatic rings. The van der Waals surface area contributed by atoms with Gasteiger partial charge in [0.15, 0.2) is 0 Å². The maximum atomic E-state index is 12.5. The first-order chi connectivity index (χ1) is 12.8. The largest absolute Gasteiger partial charge is 0.496 e. The number of hydrogen-bond acceptors (Lipinski definition) is 3. The van der Waals surface area contributed by atoms with Gasteiger partial charge in [0, 0.05) is 17.8 Å². The van der Waals surface area contributed by atoms with Crippen LogP contribution in [0.5, 0.6) is 5.75 Å². The van der Waals surface area contributed by atoms with Crippen LogP contribution in [0.25, 0.3) is 0 Å². The van der Waals surface area contributed by atoms with Crippen molar-refractivity contribution in [3.63, 3.8) is 0 Å². The zero-order valence-corrected chi connectivity index (χ0v) is 16.6. The van der Waals surface area contributed by atoms with Crippen LogP contribution in [0.15, 0.2) is 42.5 Å². The van der Waals surface area contributed by atoms with Gasteiger partial charge in [-0.25, -0.2) is 0 Å². The second-order valence-corrected chi connectivity index (χ2v) is 7.07. The highest BCUT2D eigenvalue weighted by Crippen LogP contribution is 2.32. The summed E-state index contributed by atoms with van der Waals surface area (Å²) in [6.45, 7) is 8.49. The molecule has 2 amide bonds. The van der Waals surface area contributed by atoms with E-state index in [0.29, 0.717) is 5.75 Å². The van der Waals surface area contributed by atoms with Crippen molar-refractivity contribution < 1.29 is 14.3 Å². The summed E-state index contributed by atoms with van der Waals surface area (Å²) in [5.41, 5.74) is 3.59. The van der Waals surface area contributed by atoms with Gasteiger partial charge in [-0.15, -0.1) is 0 Å². The van der Waals surface area contributed by atoms with Crippen molar-refractivity contribution in [3.05, 3.63) is 59.2 Å². The molecule has 0 saturated carbocycles. The molecule has 0 aliphatic heterocycles. The topological polar surface area (TPSA) is 67.4 Å². The molecule has 0 bridgehead atoms. The molecule has 2 N–H and O–H groups in total.